The number of rotatable bonds is 7. The largest absolute Gasteiger partial charge is 0.355 e. The molecule has 160 valence electrons. The number of halogens is 1. The van der Waals surface area contributed by atoms with Crippen LogP contribution in [0, 0.1) is 5.92 Å². The fourth-order valence-corrected chi connectivity index (χ4v) is 4.58. The number of benzene rings is 1. The van der Waals surface area contributed by atoms with Crippen molar-refractivity contribution in [1.29, 1.82) is 0 Å². The standard InChI is InChI=1S/C23H28ClN3O2S/c1-16(2)22(29)25-12-11-19-15-30-23(26-19)18-7-5-13-27(14-18)21(28)10-9-17-6-3-4-8-20(17)24/h3-4,6,8-10,15-16,18H,5,7,11-14H2,1-2H3,(H,25,29)/b10-9+/t18-/m1/s1. The minimum Gasteiger partial charge on any atom is -0.355 e. The number of likely N-dealkylation sites (tertiary alicyclic amines) is 1. The zero-order valence-electron chi connectivity index (χ0n) is 17.4. The summed E-state index contributed by atoms with van der Waals surface area (Å²) in [5.41, 5.74) is 1.84. The number of carbonyl (C=O) groups is 2. The molecule has 2 aromatic rings. The number of aromatic nitrogens is 1. The lowest BCUT2D eigenvalue weighted by Crippen LogP contribution is -2.38. The lowest BCUT2D eigenvalue weighted by atomic mass is 9.98. The van der Waals surface area contributed by atoms with E-state index in [1.165, 1.54) is 0 Å². The van der Waals surface area contributed by atoms with Gasteiger partial charge in [-0.1, -0.05) is 43.6 Å². The summed E-state index contributed by atoms with van der Waals surface area (Å²) in [6, 6.07) is 7.49. The molecule has 1 aromatic heterocycles. The Hall–Kier alpha value is -2.18. The highest BCUT2D eigenvalue weighted by molar-refractivity contribution is 7.09. The van der Waals surface area contributed by atoms with Crippen molar-refractivity contribution in [2.75, 3.05) is 19.6 Å². The van der Waals surface area contributed by atoms with Gasteiger partial charge in [0.2, 0.25) is 11.8 Å². The second-order valence-corrected chi connectivity index (χ2v) is 9.15. The Morgan fingerprint density at radius 3 is 2.93 bits per heavy atom. The van der Waals surface area contributed by atoms with Crippen LogP contribution in [0.3, 0.4) is 0 Å². The Morgan fingerprint density at radius 1 is 1.37 bits per heavy atom. The summed E-state index contributed by atoms with van der Waals surface area (Å²) in [5.74, 6) is 0.332. The summed E-state index contributed by atoms with van der Waals surface area (Å²) in [6.07, 6.45) is 6.12. The van der Waals surface area contributed by atoms with E-state index in [2.05, 4.69) is 10.7 Å². The number of hydrogen-bond acceptors (Lipinski definition) is 4. The highest BCUT2D eigenvalue weighted by Crippen LogP contribution is 2.29. The van der Waals surface area contributed by atoms with Crippen molar-refractivity contribution in [2.24, 2.45) is 5.92 Å². The first-order chi connectivity index (χ1) is 14.4. The molecule has 5 nitrogen and oxygen atoms in total. The van der Waals surface area contributed by atoms with Gasteiger partial charge in [0.15, 0.2) is 0 Å². The minimum atomic E-state index is -0.00582. The fraction of sp³-hybridized carbons (Fsp3) is 0.435. The van der Waals surface area contributed by atoms with Crippen LogP contribution in [-0.2, 0) is 16.0 Å². The molecule has 7 heteroatoms. The SMILES string of the molecule is CC(C)C(=O)NCCc1csc([C@@H]2CCCN(C(=O)/C=C/c3ccccc3Cl)C2)n1. The quantitative estimate of drug-likeness (QED) is 0.637. The second kappa shape index (κ2) is 10.7. The Balaban J connectivity index is 1.54. The molecule has 2 amide bonds. The maximum Gasteiger partial charge on any atom is 0.246 e. The van der Waals surface area contributed by atoms with Gasteiger partial charge in [0.25, 0.3) is 0 Å². The van der Waals surface area contributed by atoms with E-state index in [1.807, 2.05) is 43.0 Å². The number of thiazole rings is 1. The molecule has 1 aromatic carbocycles. The van der Waals surface area contributed by atoms with Crippen molar-refractivity contribution in [3.63, 3.8) is 0 Å². The predicted octanol–water partition coefficient (Wildman–Crippen LogP) is 4.53. The zero-order valence-corrected chi connectivity index (χ0v) is 19.0. The maximum absolute atomic E-state index is 12.7. The molecule has 0 unspecified atom stereocenters. The lowest BCUT2D eigenvalue weighted by Gasteiger charge is -2.31. The first-order valence-electron chi connectivity index (χ1n) is 10.4. The summed E-state index contributed by atoms with van der Waals surface area (Å²) in [5, 5.41) is 6.71. The molecule has 1 fully saturated rings. The van der Waals surface area contributed by atoms with Crippen LogP contribution in [-0.4, -0.2) is 41.3 Å². The summed E-state index contributed by atoms with van der Waals surface area (Å²) >= 11 is 7.81. The molecule has 0 aliphatic carbocycles. The Kier molecular flexibility index (Phi) is 8.05. The van der Waals surface area contributed by atoms with E-state index < -0.39 is 0 Å². The molecular formula is C23H28ClN3O2S. The van der Waals surface area contributed by atoms with Gasteiger partial charge < -0.3 is 10.2 Å². The topological polar surface area (TPSA) is 62.3 Å². The predicted molar refractivity (Wildman–Crippen MR) is 123 cm³/mol. The van der Waals surface area contributed by atoms with Crippen molar-refractivity contribution < 1.29 is 9.59 Å². The third-order valence-corrected chi connectivity index (χ3v) is 6.57. The molecule has 0 bridgehead atoms. The van der Waals surface area contributed by atoms with Crippen molar-refractivity contribution in [3.05, 3.63) is 57.0 Å². The number of nitrogens with zero attached hydrogens (tertiary/aromatic N) is 2. The Labute approximate surface area is 187 Å². The number of hydrogen-bond donors (Lipinski definition) is 1. The summed E-state index contributed by atoms with van der Waals surface area (Å²) in [6.45, 7) is 5.82. The van der Waals surface area contributed by atoms with Crippen LogP contribution in [0.4, 0.5) is 0 Å². The molecule has 1 atom stereocenters. The molecule has 2 heterocycles. The van der Waals surface area contributed by atoms with Crippen LogP contribution in [0.5, 0.6) is 0 Å². The first kappa shape index (κ1) is 22.5. The van der Waals surface area contributed by atoms with Crippen LogP contribution >= 0.6 is 22.9 Å². The van der Waals surface area contributed by atoms with Crippen molar-refractivity contribution >= 4 is 40.8 Å². The van der Waals surface area contributed by atoms with Crippen LogP contribution in [0.15, 0.2) is 35.7 Å². The van der Waals surface area contributed by atoms with Gasteiger partial charge in [-0.2, -0.15) is 0 Å². The van der Waals surface area contributed by atoms with Crippen molar-refractivity contribution in [3.8, 4) is 0 Å². The smallest absolute Gasteiger partial charge is 0.246 e. The Morgan fingerprint density at radius 2 is 2.17 bits per heavy atom. The third-order valence-electron chi connectivity index (χ3n) is 5.17. The van der Waals surface area contributed by atoms with Crippen LogP contribution in [0.1, 0.15) is 48.9 Å². The first-order valence-corrected chi connectivity index (χ1v) is 11.6. The average Bonchev–Trinajstić information content (AvgIpc) is 3.22. The maximum atomic E-state index is 12.7. The molecule has 1 saturated heterocycles. The normalized spacial score (nSPS) is 16.9. The summed E-state index contributed by atoms with van der Waals surface area (Å²) < 4.78 is 0. The fourth-order valence-electron chi connectivity index (χ4n) is 3.40. The second-order valence-electron chi connectivity index (χ2n) is 7.85. The van der Waals surface area contributed by atoms with E-state index >= 15 is 0 Å². The molecule has 1 aliphatic heterocycles. The van der Waals surface area contributed by atoms with E-state index in [-0.39, 0.29) is 23.7 Å². The number of amides is 2. The molecule has 30 heavy (non-hydrogen) atoms. The highest BCUT2D eigenvalue weighted by Gasteiger charge is 2.25. The molecule has 3 rings (SSSR count). The number of piperidine rings is 1. The molecular weight excluding hydrogens is 418 g/mol. The van der Waals surface area contributed by atoms with E-state index in [0.717, 1.165) is 42.1 Å². The van der Waals surface area contributed by atoms with Crippen LogP contribution in [0.25, 0.3) is 6.08 Å². The van der Waals surface area contributed by atoms with Gasteiger partial charge in [0.05, 0.1) is 10.7 Å². The zero-order chi connectivity index (χ0) is 21.5. The van der Waals surface area contributed by atoms with Gasteiger partial charge in [0, 0.05) is 54.4 Å². The van der Waals surface area contributed by atoms with Gasteiger partial charge in [-0.3, -0.25) is 9.59 Å². The Bertz CT molecular complexity index is 909. The number of nitrogens with one attached hydrogen (secondary N) is 1. The van der Waals surface area contributed by atoms with E-state index in [4.69, 9.17) is 16.6 Å². The van der Waals surface area contributed by atoms with Gasteiger partial charge in [-0.25, -0.2) is 4.98 Å². The molecule has 0 radical (unpaired) electrons. The highest BCUT2D eigenvalue weighted by atomic mass is 35.5. The van der Waals surface area contributed by atoms with Gasteiger partial charge in [0.1, 0.15) is 0 Å². The molecule has 0 saturated carbocycles. The van der Waals surface area contributed by atoms with Gasteiger partial charge in [-0.15, -0.1) is 11.3 Å². The summed E-state index contributed by atoms with van der Waals surface area (Å²) in [4.78, 5) is 31.0. The van der Waals surface area contributed by atoms with E-state index in [9.17, 15) is 9.59 Å². The lowest BCUT2D eigenvalue weighted by molar-refractivity contribution is -0.127. The molecule has 1 aliphatic rings. The average molecular weight is 446 g/mol. The minimum absolute atomic E-state index is 0.00582. The van der Waals surface area contributed by atoms with E-state index in [1.54, 1.807) is 23.5 Å². The van der Waals surface area contributed by atoms with Crippen molar-refractivity contribution in [1.82, 2.24) is 15.2 Å². The molecule has 0 spiro atoms. The van der Waals surface area contributed by atoms with E-state index in [0.29, 0.717) is 18.1 Å². The van der Waals surface area contributed by atoms with Crippen molar-refractivity contribution in [2.45, 2.75) is 39.0 Å². The third kappa shape index (κ3) is 6.16. The monoisotopic (exact) mass is 445 g/mol. The number of carbonyl (C=O) groups excluding carboxylic acids is 2. The van der Waals surface area contributed by atoms with Crippen LogP contribution < -0.4 is 5.32 Å². The van der Waals surface area contributed by atoms with Crippen LogP contribution in [0.2, 0.25) is 5.02 Å². The summed E-state index contributed by atoms with van der Waals surface area (Å²) in [7, 11) is 0. The van der Waals surface area contributed by atoms with Gasteiger partial charge in [-0.05, 0) is 30.5 Å². The molecule has 1 N–H and O–H groups in total. The van der Waals surface area contributed by atoms with Gasteiger partial charge >= 0.3 is 0 Å².